The van der Waals surface area contributed by atoms with Crippen LogP contribution in [0.4, 0.5) is 4.39 Å². The number of hydrogen-bond acceptors (Lipinski definition) is 6. The average Bonchev–Trinajstić information content (AvgIpc) is 3.01. The van der Waals surface area contributed by atoms with Crippen LogP contribution in [0.15, 0.2) is 40.1 Å². The van der Waals surface area contributed by atoms with Crippen LogP contribution >= 0.6 is 0 Å². The maximum absolute atomic E-state index is 13.7. The SMILES string of the molecule is O=S(=O)(c1ccccc1F)N1CCN(Cc2ncon2)CC1. The van der Waals surface area contributed by atoms with Crippen LogP contribution < -0.4 is 0 Å². The Balaban J connectivity index is 1.67. The first-order valence-corrected chi connectivity index (χ1v) is 8.23. The molecule has 1 aromatic heterocycles. The highest BCUT2D eigenvalue weighted by Gasteiger charge is 2.30. The summed E-state index contributed by atoms with van der Waals surface area (Å²) in [5.41, 5.74) is 0. The van der Waals surface area contributed by atoms with Gasteiger partial charge in [-0.3, -0.25) is 4.90 Å². The molecule has 1 aromatic carbocycles. The fourth-order valence-electron chi connectivity index (χ4n) is 2.38. The molecule has 0 aliphatic carbocycles. The van der Waals surface area contributed by atoms with Crippen LogP contribution in [0.5, 0.6) is 0 Å². The number of aromatic nitrogens is 2. The fraction of sp³-hybridized carbons (Fsp3) is 0.385. The Morgan fingerprint density at radius 1 is 1.18 bits per heavy atom. The molecule has 0 unspecified atom stereocenters. The summed E-state index contributed by atoms with van der Waals surface area (Å²) in [6.45, 7) is 2.16. The molecule has 2 heterocycles. The summed E-state index contributed by atoms with van der Waals surface area (Å²) in [5, 5.41) is 3.73. The van der Waals surface area contributed by atoms with Crippen molar-refractivity contribution in [3.05, 3.63) is 42.3 Å². The fourth-order valence-corrected chi connectivity index (χ4v) is 3.87. The lowest BCUT2D eigenvalue weighted by Crippen LogP contribution is -2.48. The van der Waals surface area contributed by atoms with E-state index in [0.717, 1.165) is 6.07 Å². The smallest absolute Gasteiger partial charge is 0.246 e. The minimum Gasteiger partial charge on any atom is -0.343 e. The van der Waals surface area contributed by atoms with Gasteiger partial charge in [-0.05, 0) is 12.1 Å². The van der Waals surface area contributed by atoms with Crippen LogP contribution in [0.1, 0.15) is 5.82 Å². The third kappa shape index (κ3) is 3.01. The molecule has 1 aliphatic rings. The lowest BCUT2D eigenvalue weighted by molar-refractivity contribution is 0.176. The van der Waals surface area contributed by atoms with Crippen molar-refractivity contribution in [1.29, 1.82) is 0 Å². The summed E-state index contributed by atoms with van der Waals surface area (Å²) in [6, 6.07) is 5.43. The Morgan fingerprint density at radius 2 is 1.91 bits per heavy atom. The quantitative estimate of drug-likeness (QED) is 0.823. The minimum absolute atomic E-state index is 0.276. The van der Waals surface area contributed by atoms with E-state index in [1.807, 2.05) is 4.90 Å². The molecule has 1 fully saturated rings. The van der Waals surface area contributed by atoms with E-state index in [1.165, 1.54) is 28.9 Å². The van der Waals surface area contributed by atoms with E-state index in [4.69, 9.17) is 0 Å². The highest BCUT2D eigenvalue weighted by Crippen LogP contribution is 2.20. The molecule has 1 saturated heterocycles. The summed E-state index contributed by atoms with van der Waals surface area (Å²) in [4.78, 5) is 5.69. The second-order valence-corrected chi connectivity index (χ2v) is 6.86. The molecule has 22 heavy (non-hydrogen) atoms. The molecule has 0 spiro atoms. The van der Waals surface area contributed by atoms with Crippen LogP contribution in [-0.4, -0.2) is 53.9 Å². The van der Waals surface area contributed by atoms with E-state index in [1.54, 1.807) is 0 Å². The van der Waals surface area contributed by atoms with E-state index in [2.05, 4.69) is 14.7 Å². The van der Waals surface area contributed by atoms with Gasteiger partial charge in [-0.25, -0.2) is 12.8 Å². The Hall–Kier alpha value is -1.84. The predicted octanol–water partition coefficient (Wildman–Crippen LogP) is 0.715. The molecule has 1 aliphatic heterocycles. The maximum Gasteiger partial charge on any atom is 0.246 e. The zero-order valence-electron chi connectivity index (χ0n) is 11.7. The van der Waals surface area contributed by atoms with Gasteiger partial charge in [0.2, 0.25) is 16.4 Å². The van der Waals surface area contributed by atoms with Crippen molar-refractivity contribution in [2.24, 2.45) is 0 Å². The van der Waals surface area contributed by atoms with E-state index < -0.39 is 15.8 Å². The lowest BCUT2D eigenvalue weighted by atomic mass is 10.3. The van der Waals surface area contributed by atoms with Crippen molar-refractivity contribution >= 4 is 10.0 Å². The number of sulfonamides is 1. The minimum atomic E-state index is -3.80. The van der Waals surface area contributed by atoms with Crippen molar-refractivity contribution in [1.82, 2.24) is 19.3 Å². The highest BCUT2D eigenvalue weighted by atomic mass is 32.2. The van der Waals surface area contributed by atoms with Crippen LogP contribution in [0, 0.1) is 5.82 Å². The van der Waals surface area contributed by atoms with E-state index >= 15 is 0 Å². The van der Waals surface area contributed by atoms with Gasteiger partial charge < -0.3 is 4.52 Å². The number of hydrogen-bond donors (Lipinski definition) is 0. The summed E-state index contributed by atoms with van der Waals surface area (Å²) in [6.07, 6.45) is 1.26. The maximum atomic E-state index is 13.7. The number of benzene rings is 1. The van der Waals surface area contributed by atoms with Gasteiger partial charge in [0, 0.05) is 26.2 Å². The van der Waals surface area contributed by atoms with Gasteiger partial charge in [0.05, 0.1) is 6.54 Å². The molecule has 2 aromatic rings. The molecular formula is C13H15FN4O3S. The summed E-state index contributed by atoms with van der Waals surface area (Å²) < 4.78 is 44.6. The van der Waals surface area contributed by atoms with Gasteiger partial charge in [0.15, 0.2) is 5.82 Å². The average molecular weight is 326 g/mol. The van der Waals surface area contributed by atoms with Crippen molar-refractivity contribution in [3.63, 3.8) is 0 Å². The first-order valence-electron chi connectivity index (χ1n) is 6.79. The van der Waals surface area contributed by atoms with Gasteiger partial charge in [-0.2, -0.15) is 9.29 Å². The lowest BCUT2D eigenvalue weighted by Gasteiger charge is -2.33. The van der Waals surface area contributed by atoms with Crippen molar-refractivity contribution in [2.45, 2.75) is 11.4 Å². The van der Waals surface area contributed by atoms with Crippen molar-refractivity contribution in [3.8, 4) is 0 Å². The van der Waals surface area contributed by atoms with Gasteiger partial charge in [-0.15, -0.1) is 0 Å². The molecule has 9 heteroatoms. The second-order valence-electron chi connectivity index (χ2n) is 4.96. The molecule has 0 amide bonds. The Labute approximate surface area is 127 Å². The van der Waals surface area contributed by atoms with Gasteiger partial charge in [0.1, 0.15) is 10.7 Å². The zero-order chi connectivity index (χ0) is 15.6. The molecule has 118 valence electrons. The third-order valence-electron chi connectivity index (χ3n) is 3.56. The molecule has 3 rings (SSSR count). The van der Waals surface area contributed by atoms with E-state index in [9.17, 15) is 12.8 Å². The summed E-state index contributed by atoms with van der Waals surface area (Å²) >= 11 is 0. The monoisotopic (exact) mass is 326 g/mol. The Bertz CT molecular complexity index is 728. The van der Waals surface area contributed by atoms with Gasteiger partial charge >= 0.3 is 0 Å². The molecule has 0 radical (unpaired) electrons. The molecule has 0 N–H and O–H groups in total. The van der Waals surface area contributed by atoms with Crippen LogP contribution in [0.2, 0.25) is 0 Å². The van der Waals surface area contributed by atoms with Crippen LogP contribution in [-0.2, 0) is 16.6 Å². The normalized spacial score (nSPS) is 17.7. The van der Waals surface area contributed by atoms with Crippen molar-refractivity contribution in [2.75, 3.05) is 26.2 Å². The van der Waals surface area contributed by atoms with Gasteiger partial charge in [0.25, 0.3) is 0 Å². The number of nitrogens with zero attached hydrogens (tertiary/aromatic N) is 4. The van der Waals surface area contributed by atoms with E-state index in [0.29, 0.717) is 38.5 Å². The largest absolute Gasteiger partial charge is 0.343 e. The van der Waals surface area contributed by atoms with Gasteiger partial charge in [-0.1, -0.05) is 17.3 Å². The topological polar surface area (TPSA) is 79.5 Å². The Kier molecular flexibility index (Phi) is 4.19. The molecule has 0 saturated carbocycles. The summed E-state index contributed by atoms with van der Waals surface area (Å²) in [7, 11) is -3.80. The van der Waals surface area contributed by atoms with Crippen molar-refractivity contribution < 1.29 is 17.3 Å². The highest BCUT2D eigenvalue weighted by molar-refractivity contribution is 7.89. The molecular weight excluding hydrogens is 311 g/mol. The first kappa shape index (κ1) is 15.1. The molecule has 0 bridgehead atoms. The number of halogens is 1. The summed E-state index contributed by atoms with van der Waals surface area (Å²) in [5.74, 6) is -0.165. The molecule has 7 nitrogen and oxygen atoms in total. The second kappa shape index (κ2) is 6.11. The number of rotatable bonds is 4. The first-order chi connectivity index (χ1) is 10.6. The molecule has 0 atom stereocenters. The number of piperazine rings is 1. The zero-order valence-corrected chi connectivity index (χ0v) is 12.5. The predicted molar refractivity (Wildman–Crippen MR) is 74.7 cm³/mol. The van der Waals surface area contributed by atoms with Crippen LogP contribution in [0.3, 0.4) is 0 Å². The van der Waals surface area contributed by atoms with Crippen LogP contribution in [0.25, 0.3) is 0 Å². The Morgan fingerprint density at radius 3 is 2.55 bits per heavy atom. The standard InChI is InChI=1S/C13H15FN4O3S/c14-11-3-1-2-4-12(11)22(19,20)18-7-5-17(6-8-18)9-13-15-10-21-16-13/h1-4,10H,5-9H2. The third-order valence-corrected chi connectivity index (χ3v) is 5.49. The van der Waals surface area contributed by atoms with E-state index in [-0.39, 0.29) is 4.90 Å².